The maximum atomic E-state index is 11.8. The Morgan fingerprint density at radius 3 is 2.85 bits per heavy atom. The number of ether oxygens (including phenoxy) is 1. The number of amides is 1. The van der Waals surface area contributed by atoms with Crippen LogP contribution in [-0.2, 0) is 11.3 Å². The van der Waals surface area contributed by atoms with Crippen LogP contribution in [0.2, 0.25) is 0 Å². The van der Waals surface area contributed by atoms with Crippen LogP contribution < -0.4 is 10.6 Å². The summed E-state index contributed by atoms with van der Waals surface area (Å²) in [6.07, 6.45) is 4.68. The maximum Gasteiger partial charge on any atom is 0.407 e. The highest BCUT2D eigenvalue weighted by atomic mass is 32.1. The van der Waals surface area contributed by atoms with Gasteiger partial charge in [0.05, 0.1) is 0 Å². The molecule has 1 aromatic rings. The summed E-state index contributed by atoms with van der Waals surface area (Å²) in [4.78, 5) is 16.1. The van der Waals surface area contributed by atoms with Crippen molar-refractivity contribution in [1.82, 2.24) is 15.6 Å². The number of rotatable bonds is 4. The van der Waals surface area contributed by atoms with Crippen molar-refractivity contribution in [1.29, 1.82) is 0 Å². The summed E-state index contributed by atoms with van der Waals surface area (Å²) in [5.74, 6) is 0. The van der Waals surface area contributed by atoms with Crippen molar-refractivity contribution in [2.24, 2.45) is 0 Å². The third-order valence-electron chi connectivity index (χ3n) is 3.22. The fourth-order valence-electron chi connectivity index (χ4n) is 2.39. The fraction of sp³-hybridized carbons (Fsp3) is 0.714. The van der Waals surface area contributed by atoms with Crippen LogP contribution >= 0.6 is 11.3 Å². The van der Waals surface area contributed by atoms with Crippen LogP contribution in [0.3, 0.4) is 0 Å². The van der Waals surface area contributed by atoms with Gasteiger partial charge in [-0.15, -0.1) is 11.3 Å². The van der Waals surface area contributed by atoms with Crippen molar-refractivity contribution in [3.63, 3.8) is 0 Å². The van der Waals surface area contributed by atoms with Gasteiger partial charge in [0.15, 0.2) is 0 Å². The highest BCUT2D eigenvalue weighted by Crippen LogP contribution is 2.20. The minimum atomic E-state index is -0.452. The first-order valence-electron chi connectivity index (χ1n) is 7.05. The largest absolute Gasteiger partial charge is 0.444 e. The molecule has 0 spiro atoms. The molecular weight excluding hydrogens is 274 g/mol. The number of carbonyl (C=O) groups is 1. The molecule has 2 atom stereocenters. The smallest absolute Gasteiger partial charge is 0.407 e. The van der Waals surface area contributed by atoms with Crippen LogP contribution in [0.1, 0.15) is 45.0 Å². The summed E-state index contributed by atoms with van der Waals surface area (Å²) in [6.45, 7) is 6.38. The highest BCUT2D eigenvalue weighted by Gasteiger charge is 2.29. The quantitative estimate of drug-likeness (QED) is 0.897. The zero-order chi connectivity index (χ0) is 14.6. The molecule has 0 aromatic carbocycles. The Labute approximate surface area is 124 Å². The molecule has 112 valence electrons. The van der Waals surface area contributed by atoms with Gasteiger partial charge in [-0.05, 0) is 40.0 Å². The Balaban J connectivity index is 1.80. The number of hydrogen-bond donors (Lipinski definition) is 2. The molecule has 5 nitrogen and oxygen atoms in total. The summed E-state index contributed by atoms with van der Waals surface area (Å²) in [5.41, 5.74) is -0.452. The second-order valence-corrected chi connectivity index (χ2v) is 7.08. The van der Waals surface area contributed by atoms with Crippen molar-refractivity contribution in [3.8, 4) is 0 Å². The van der Waals surface area contributed by atoms with E-state index in [1.165, 1.54) is 0 Å². The molecule has 1 heterocycles. The van der Waals surface area contributed by atoms with Crippen molar-refractivity contribution in [3.05, 3.63) is 16.6 Å². The minimum absolute atomic E-state index is 0.143. The van der Waals surface area contributed by atoms with Gasteiger partial charge >= 0.3 is 6.09 Å². The van der Waals surface area contributed by atoms with Gasteiger partial charge < -0.3 is 15.4 Å². The van der Waals surface area contributed by atoms with Crippen LogP contribution in [0.5, 0.6) is 0 Å². The van der Waals surface area contributed by atoms with Gasteiger partial charge in [0, 0.05) is 30.2 Å². The zero-order valence-electron chi connectivity index (χ0n) is 12.3. The summed E-state index contributed by atoms with van der Waals surface area (Å²) < 4.78 is 5.31. The van der Waals surface area contributed by atoms with Crippen LogP contribution in [0.25, 0.3) is 0 Å². The van der Waals surface area contributed by atoms with E-state index in [4.69, 9.17) is 4.74 Å². The summed E-state index contributed by atoms with van der Waals surface area (Å²) >= 11 is 1.64. The molecule has 2 N–H and O–H groups in total. The molecule has 0 saturated heterocycles. The first kappa shape index (κ1) is 15.3. The third kappa shape index (κ3) is 4.76. The van der Waals surface area contributed by atoms with E-state index in [2.05, 4.69) is 15.6 Å². The van der Waals surface area contributed by atoms with Gasteiger partial charge in [0.25, 0.3) is 0 Å². The first-order chi connectivity index (χ1) is 9.44. The van der Waals surface area contributed by atoms with Gasteiger partial charge in [-0.1, -0.05) is 0 Å². The van der Waals surface area contributed by atoms with E-state index >= 15 is 0 Å². The Morgan fingerprint density at radius 2 is 2.20 bits per heavy atom. The fourth-order valence-corrected chi connectivity index (χ4v) is 2.96. The predicted molar refractivity (Wildman–Crippen MR) is 79.8 cm³/mol. The monoisotopic (exact) mass is 297 g/mol. The molecule has 2 rings (SSSR count). The second-order valence-electron chi connectivity index (χ2n) is 6.10. The molecule has 1 aromatic heterocycles. The van der Waals surface area contributed by atoms with Gasteiger partial charge in [0.1, 0.15) is 10.6 Å². The molecule has 0 bridgehead atoms. The molecule has 1 fully saturated rings. The highest BCUT2D eigenvalue weighted by molar-refractivity contribution is 7.09. The lowest BCUT2D eigenvalue weighted by Gasteiger charge is -2.25. The van der Waals surface area contributed by atoms with E-state index in [0.29, 0.717) is 6.04 Å². The number of alkyl carbamates (subject to hydrolysis) is 1. The average Bonchev–Trinajstić information content (AvgIpc) is 2.94. The van der Waals surface area contributed by atoms with E-state index in [0.717, 1.165) is 30.8 Å². The van der Waals surface area contributed by atoms with Crippen molar-refractivity contribution in [2.45, 2.75) is 64.3 Å². The SMILES string of the molecule is CC(C)(C)OC(=O)N[C@@H]1CCC[C@@H]1NCc1nccs1. The molecular formula is C14H23N3O2S. The number of thiazole rings is 1. The number of hydrogen-bond acceptors (Lipinski definition) is 5. The molecule has 1 amide bonds. The molecule has 20 heavy (non-hydrogen) atoms. The van der Waals surface area contributed by atoms with E-state index < -0.39 is 5.60 Å². The molecule has 0 radical (unpaired) electrons. The van der Waals surface area contributed by atoms with Crippen LogP contribution in [0, 0.1) is 0 Å². The lowest BCUT2D eigenvalue weighted by atomic mass is 10.1. The van der Waals surface area contributed by atoms with E-state index in [9.17, 15) is 4.79 Å². The molecule has 0 aliphatic heterocycles. The Bertz CT molecular complexity index is 428. The van der Waals surface area contributed by atoms with Crippen LogP contribution in [0.15, 0.2) is 11.6 Å². The molecule has 1 aliphatic rings. The summed E-state index contributed by atoms with van der Waals surface area (Å²) in [6, 6.07) is 0.441. The predicted octanol–water partition coefficient (Wildman–Crippen LogP) is 2.68. The topological polar surface area (TPSA) is 63.2 Å². The summed E-state index contributed by atoms with van der Waals surface area (Å²) in [5, 5.41) is 9.51. The Hall–Kier alpha value is -1.14. The van der Waals surface area contributed by atoms with E-state index in [-0.39, 0.29) is 12.1 Å². The van der Waals surface area contributed by atoms with Gasteiger partial charge in [-0.25, -0.2) is 9.78 Å². The number of carbonyl (C=O) groups excluding carboxylic acids is 1. The molecule has 0 unspecified atom stereocenters. The van der Waals surface area contributed by atoms with E-state index in [1.807, 2.05) is 32.3 Å². The maximum absolute atomic E-state index is 11.8. The van der Waals surface area contributed by atoms with Crippen molar-refractivity contribution in [2.75, 3.05) is 0 Å². The third-order valence-corrected chi connectivity index (χ3v) is 4.00. The average molecular weight is 297 g/mol. The first-order valence-corrected chi connectivity index (χ1v) is 7.93. The van der Waals surface area contributed by atoms with E-state index in [1.54, 1.807) is 11.3 Å². The lowest BCUT2D eigenvalue weighted by molar-refractivity contribution is 0.0498. The van der Waals surface area contributed by atoms with Crippen LogP contribution in [-0.4, -0.2) is 28.8 Å². The zero-order valence-corrected chi connectivity index (χ0v) is 13.1. The molecule has 6 heteroatoms. The van der Waals surface area contributed by atoms with Gasteiger partial charge in [0.2, 0.25) is 0 Å². The number of aromatic nitrogens is 1. The normalized spacial score (nSPS) is 22.8. The number of nitrogens with zero attached hydrogens (tertiary/aromatic N) is 1. The van der Waals surface area contributed by atoms with Crippen molar-refractivity contribution < 1.29 is 9.53 Å². The summed E-state index contributed by atoms with van der Waals surface area (Å²) in [7, 11) is 0. The standard InChI is InChI=1S/C14H23N3O2S/c1-14(2,3)19-13(18)17-11-6-4-5-10(11)16-9-12-15-7-8-20-12/h7-8,10-11,16H,4-6,9H2,1-3H3,(H,17,18)/t10-,11+/m0/s1. The minimum Gasteiger partial charge on any atom is -0.444 e. The lowest BCUT2D eigenvalue weighted by Crippen LogP contribution is -2.47. The Kier molecular flexibility index (Phi) is 4.99. The van der Waals surface area contributed by atoms with Crippen molar-refractivity contribution >= 4 is 17.4 Å². The second kappa shape index (κ2) is 6.54. The molecule has 1 aliphatic carbocycles. The molecule has 1 saturated carbocycles. The van der Waals surface area contributed by atoms with Crippen LogP contribution in [0.4, 0.5) is 4.79 Å². The Morgan fingerprint density at radius 1 is 1.45 bits per heavy atom. The van der Waals surface area contributed by atoms with Gasteiger partial charge in [-0.3, -0.25) is 0 Å². The number of nitrogens with one attached hydrogen (secondary N) is 2. The van der Waals surface area contributed by atoms with Gasteiger partial charge in [-0.2, -0.15) is 0 Å².